The van der Waals surface area contributed by atoms with Crippen molar-refractivity contribution in [2.45, 2.75) is 9.79 Å². The lowest BCUT2D eigenvalue weighted by Crippen LogP contribution is -1.91. The second-order valence-electron chi connectivity index (χ2n) is 5.31. The van der Waals surface area contributed by atoms with Gasteiger partial charge in [-0.25, -0.2) is 0 Å². The highest BCUT2D eigenvalue weighted by atomic mass is 32.2. The molecule has 0 bridgehead atoms. The number of anilines is 2. The molecule has 3 aromatic rings. The van der Waals surface area contributed by atoms with Gasteiger partial charge >= 0.3 is 0 Å². The van der Waals surface area contributed by atoms with E-state index in [9.17, 15) is 20.2 Å². The summed E-state index contributed by atoms with van der Waals surface area (Å²) in [6, 6.07) is 20.2. The molecule has 0 spiro atoms. The fourth-order valence-electron chi connectivity index (χ4n) is 2.21. The second-order valence-corrected chi connectivity index (χ2v) is 6.45. The maximum Gasteiger partial charge on any atom is 0.269 e. The summed E-state index contributed by atoms with van der Waals surface area (Å²) in [6.07, 6.45) is 0. The molecule has 0 atom stereocenters. The molecule has 0 unspecified atom stereocenters. The molecule has 1 N–H and O–H groups in total. The highest BCUT2D eigenvalue weighted by Gasteiger charge is 2.06. The Morgan fingerprint density at radius 2 is 0.962 bits per heavy atom. The van der Waals surface area contributed by atoms with E-state index in [-0.39, 0.29) is 11.4 Å². The van der Waals surface area contributed by atoms with Gasteiger partial charge in [0.05, 0.1) is 9.85 Å². The molecule has 8 heteroatoms. The zero-order chi connectivity index (χ0) is 18.5. The van der Waals surface area contributed by atoms with Crippen LogP contribution in [0.3, 0.4) is 0 Å². The molecule has 0 aliphatic rings. The molecule has 26 heavy (non-hydrogen) atoms. The SMILES string of the molecule is O=[N+]([O-])c1ccc(Nc2ccc(Sc3ccc([N+](=O)[O-])cc3)cc2)cc1. The van der Waals surface area contributed by atoms with Crippen molar-refractivity contribution in [3.63, 3.8) is 0 Å². The minimum absolute atomic E-state index is 0.0467. The minimum Gasteiger partial charge on any atom is -0.356 e. The number of hydrogen-bond donors (Lipinski definition) is 1. The molecule has 0 aliphatic carbocycles. The molecule has 0 saturated carbocycles. The van der Waals surface area contributed by atoms with Gasteiger partial charge in [-0.1, -0.05) is 11.8 Å². The lowest BCUT2D eigenvalue weighted by molar-refractivity contribution is -0.385. The minimum atomic E-state index is -0.437. The molecule has 0 radical (unpaired) electrons. The van der Waals surface area contributed by atoms with E-state index in [0.717, 1.165) is 21.2 Å². The van der Waals surface area contributed by atoms with E-state index in [1.165, 1.54) is 36.0 Å². The summed E-state index contributed by atoms with van der Waals surface area (Å²) in [6.45, 7) is 0. The number of nitro benzene ring substituents is 2. The number of benzene rings is 3. The van der Waals surface area contributed by atoms with E-state index < -0.39 is 9.85 Å². The van der Waals surface area contributed by atoms with Crippen LogP contribution in [0.1, 0.15) is 0 Å². The Balaban J connectivity index is 1.64. The smallest absolute Gasteiger partial charge is 0.269 e. The van der Waals surface area contributed by atoms with E-state index >= 15 is 0 Å². The number of nitrogens with zero attached hydrogens (tertiary/aromatic N) is 2. The van der Waals surface area contributed by atoms with Gasteiger partial charge in [0, 0.05) is 45.4 Å². The molecular formula is C18H13N3O4S. The van der Waals surface area contributed by atoms with Crippen molar-refractivity contribution in [2.75, 3.05) is 5.32 Å². The van der Waals surface area contributed by atoms with Crippen LogP contribution in [0.4, 0.5) is 22.7 Å². The van der Waals surface area contributed by atoms with Gasteiger partial charge in [0.2, 0.25) is 0 Å². The number of nitro groups is 2. The van der Waals surface area contributed by atoms with E-state index in [1.54, 1.807) is 24.3 Å². The van der Waals surface area contributed by atoms with Gasteiger partial charge in [-0.15, -0.1) is 0 Å². The van der Waals surface area contributed by atoms with Gasteiger partial charge in [-0.05, 0) is 48.5 Å². The van der Waals surface area contributed by atoms with E-state index in [4.69, 9.17) is 0 Å². The molecular weight excluding hydrogens is 354 g/mol. The Hall–Kier alpha value is -3.39. The van der Waals surface area contributed by atoms with Gasteiger partial charge in [0.15, 0.2) is 0 Å². The summed E-state index contributed by atoms with van der Waals surface area (Å²) in [5, 5.41) is 24.5. The molecule has 0 aliphatic heterocycles. The Morgan fingerprint density at radius 3 is 1.38 bits per heavy atom. The number of hydrogen-bond acceptors (Lipinski definition) is 6. The number of nitrogens with one attached hydrogen (secondary N) is 1. The predicted octanol–water partition coefficient (Wildman–Crippen LogP) is 5.40. The molecule has 7 nitrogen and oxygen atoms in total. The molecule has 0 amide bonds. The van der Waals surface area contributed by atoms with Crippen LogP contribution >= 0.6 is 11.8 Å². The molecule has 0 saturated heterocycles. The molecule has 130 valence electrons. The van der Waals surface area contributed by atoms with Crippen molar-refractivity contribution < 1.29 is 9.85 Å². The standard InChI is InChI=1S/C18H13N3O4S/c22-20(23)15-5-1-13(2-6-15)19-14-3-9-17(10-4-14)26-18-11-7-16(8-12-18)21(24)25/h1-12,19H. The topological polar surface area (TPSA) is 98.3 Å². The first-order chi connectivity index (χ1) is 12.5. The van der Waals surface area contributed by atoms with Crippen molar-refractivity contribution >= 4 is 34.5 Å². The van der Waals surface area contributed by atoms with Gasteiger partial charge in [0.1, 0.15) is 0 Å². The largest absolute Gasteiger partial charge is 0.356 e. The Morgan fingerprint density at radius 1 is 0.615 bits per heavy atom. The van der Waals surface area contributed by atoms with Gasteiger partial charge in [-0.3, -0.25) is 20.2 Å². The highest BCUT2D eigenvalue weighted by Crippen LogP contribution is 2.30. The van der Waals surface area contributed by atoms with Crippen LogP contribution < -0.4 is 5.32 Å². The Labute approximate surface area is 153 Å². The van der Waals surface area contributed by atoms with Crippen LogP contribution in [-0.2, 0) is 0 Å². The van der Waals surface area contributed by atoms with Crippen LogP contribution in [0.5, 0.6) is 0 Å². The lowest BCUT2D eigenvalue weighted by Gasteiger charge is -2.07. The molecule has 0 fully saturated rings. The van der Waals surface area contributed by atoms with E-state index in [0.29, 0.717) is 0 Å². The molecule has 3 rings (SSSR count). The molecule has 0 heterocycles. The maximum absolute atomic E-state index is 10.7. The monoisotopic (exact) mass is 367 g/mol. The number of rotatable bonds is 6. The predicted molar refractivity (Wildman–Crippen MR) is 100 cm³/mol. The normalized spacial score (nSPS) is 10.3. The third-order valence-electron chi connectivity index (χ3n) is 3.50. The van der Waals surface area contributed by atoms with E-state index in [2.05, 4.69) is 5.32 Å². The van der Waals surface area contributed by atoms with Crippen LogP contribution in [-0.4, -0.2) is 9.85 Å². The van der Waals surface area contributed by atoms with Crippen LogP contribution in [0.15, 0.2) is 82.6 Å². The van der Waals surface area contributed by atoms with Gasteiger partial charge in [-0.2, -0.15) is 0 Å². The van der Waals surface area contributed by atoms with Crippen molar-refractivity contribution in [1.29, 1.82) is 0 Å². The second kappa shape index (κ2) is 7.66. The van der Waals surface area contributed by atoms with Crippen molar-refractivity contribution in [3.8, 4) is 0 Å². The first-order valence-electron chi connectivity index (χ1n) is 7.55. The summed E-state index contributed by atoms with van der Waals surface area (Å²) in [7, 11) is 0. The Kier molecular flexibility index (Phi) is 5.14. The van der Waals surface area contributed by atoms with Crippen LogP contribution in [0, 0.1) is 20.2 Å². The molecule has 3 aromatic carbocycles. The zero-order valence-corrected chi connectivity index (χ0v) is 14.2. The third kappa shape index (κ3) is 4.37. The lowest BCUT2D eigenvalue weighted by atomic mass is 10.2. The zero-order valence-electron chi connectivity index (χ0n) is 13.4. The van der Waals surface area contributed by atoms with Crippen molar-refractivity contribution in [3.05, 3.63) is 93.0 Å². The summed E-state index contributed by atoms with van der Waals surface area (Å²) in [5.41, 5.74) is 1.72. The fourth-order valence-corrected chi connectivity index (χ4v) is 3.03. The average molecular weight is 367 g/mol. The molecule has 0 aromatic heterocycles. The Bertz CT molecular complexity index is 848. The highest BCUT2D eigenvalue weighted by molar-refractivity contribution is 7.99. The number of non-ortho nitro benzene ring substituents is 2. The van der Waals surface area contributed by atoms with E-state index in [1.807, 2.05) is 24.3 Å². The summed E-state index contributed by atoms with van der Waals surface area (Å²) in [4.78, 5) is 22.4. The van der Waals surface area contributed by atoms with Crippen LogP contribution in [0.2, 0.25) is 0 Å². The van der Waals surface area contributed by atoms with Crippen molar-refractivity contribution in [1.82, 2.24) is 0 Å². The first kappa shape index (κ1) is 17.4. The first-order valence-corrected chi connectivity index (χ1v) is 8.37. The van der Waals surface area contributed by atoms with Crippen LogP contribution in [0.25, 0.3) is 0 Å². The summed E-state index contributed by atoms with van der Waals surface area (Å²) < 4.78 is 0. The fraction of sp³-hybridized carbons (Fsp3) is 0. The van der Waals surface area contributed by atoms with Gasteiger partial charge in [0.25, 0.3) is 11.4 Å². The van der Waals surface area contributed by atoms with Gasteiger partial charge < -0.3 is 5.32 Å². The third-order valence-corrected chi connectivity index (χ3v) is 4.52. The quantitative estimate of drug-likeness (QED) is 0.463. The average Bonchev–Trinajstić information content (AvgIpc) is 2.64. The van der Waals surface area contributed by atoms with Crippen molar-refractivity contribution in [2.24, 2.45) is 0 Å². The maximum atomic E-state index is 10.7. The summed E-state index contributed by atoms with van der Waals surface area (Å²) >= 11 is 1.50. The summed E-state index contributed by atoms with van der Waals surface area (Å²) in [5.74, 6) is 0.